The summed E-state index contributed by atoms with van der Waals surface area (Å²) in [5, 5.41) is 8.27. The fourth-order valence-corrected chi connectivity index (χ4v) is 8.42. The number of hydrogen-bond donors (Lipinski definition) is 0. The second-order valence-corrected chi connectivity index (χ2v) is 16.2. The van der Waals surface area contributed by atoms with Crippen molar-refractivity contribution >= 4 is 109 Å². The van der Waals surface area contributed by atoms with E-state index in [9.17, 15) is 24.0 Å². The van der Waals surface area contributed by atoms with Gasteiger partial charge in [0.05, 0.1) is 22.9 Å². The van der Waals surface area contributed by atoms with Gasteiger partial charge in [0.25, 0.3) is 5.24 Å². The Morgan fingerprint density at radius 3 is 1.76 bits per heavy atom. The summed E-state index contributed by atoms with van der Waals surface area (Å²) >= 11 is 10.4. The van der Waals surface area contributed by atoms with Gasteiger partial charge in [0, 0.05) is 48.2 Å². The molecule has 0 unspecified atom stereocenters. The van der Waals surface area contributed by atoms with Crippen LogP contribution >= 0.6 is 81.9 Å². The van der Waals surface area contributed by atoms with Gasteiger partial charge in [-0.05, 0) is 103 Å². The zero-order valence-electron chi connectivity index (χ0n) is 26.1. The third-order valence-corrected chi connectivity index (χ3v) is 11.9. The molecule has 5 aliphatic heterocycles. The summed E-state index contributed by atoms with van der Waals surface area (Å²) in [4.78, 5) is 54.3. The fraction of sp³-hybridized carbons (Fsp3) is 0.452. The van der Waals surface area contributed by atoms with E-state index in [1.54, 1.807) is 57.7 Å². The third-order valence-electron chi connectivity index (χ3n) is 5.95. The number of carbonyl (C=O) groups is 5. The minimum absolute atomic E-state index is 0.208. The van der Waals surface area contributed by atoms with E-state index < -0.39 is 0 Å². The monoisotopic (exact) mass is 757 g/mol. The predicted molar refractivity (Wildman–Crippen MR) is 202 cm³/mol. The number of aryl methyl sites for hydroxylation is 3. The van der Waals surface area contributed by atoms with Gasteiger partial charge in [0.15, 0.2) is 21.8 Å². The quantitative estimate of drug-likeness (QED) is 0.259. The van der Waals surface area contributed by atoms with E-state index in [4.69, 9.17) is 0 Å². The first kappa shape index (κ1) is 40.6. The molecule has 0 saturated carbocycles. The maximum atomic E-state index is 10.5. The Morgan fingerprint density at radius 1 is 0.783 bits per heavy atom. The van der Waals surface area contributed by atoms with Crippen LogP contribution in [-0.4, -0.2) is 77.3 Å². The molecule has 0 spiro atoms. The van der Waals surface area contributed by atoms with Crippen molar-refractivity contribution in [2.24, 2.45) is 0 Å². The maximum Gasteiger partial charge on any atom is 0.281 e. The smallest absolute Gasteiger partial charge is 0.281 e. The van der Waals surface area contributed by atoms with Gasteiger partial charge in [-0.2, -0.15) is 8.75 Å². The number of amides is 1. The van der Waals surface area contributed by atoms with E-state index >= 15 is 0 Å². The minimum Gasteiger partial charge on any atom is -0.336 e. The molecule has 0 N–H and O–H groups in total. The van der Waals surface area contributed by atoms with Crippen LogP contribution in [0, 0.1) is 13.8 Å². The highest BCUT2D eigenvalue weighted by atomic mass is 32.2. The van der Waals surface area contributed by atoms with E-state index in [0.29, 0.717) is 23.0 Å². The molecule has 15 heteroatoms. The molecule has 0 bridgehead atoms. The largest absolute Gasteiger partial charge is 0.336 e. The van der Waals surface area contributed by atoms with Crippen molar-refractivity contribution < 1.29 is 24.0 Å². The molecule has 0 aromatic carbocycles. The summed E-state index contributed by atoms with van der Waals surface area (Å²) < 4.78 is 8.24. The molecule has 2 aromatic heterocycles. The molecule has 250 valence electrons. The van der Waals surface area contributed by atoms with E-state index in [0.717, 1.165) is 36.6 Å². The molecule has 2 fully saturated rings. The molecule has 7 heterocycles. The zero-order chi connectivity index (χ0) is 33.6. The Hall–Kier alpha value is -1.62. The Labute approximate surface area is 301 Å². The molecule has 1 aliphatic carbocycles. The molecule has 0 radical (unpaired) electrons. The summed E-state index contributed by atoms with van der Waals surface area (Å²) in [6.07, 6.45) is 11.5. The van der Waals surface area contributed by atoms with Crippen LogP contribution in [0.15, 0.2) is 45.9 Å². The second-order valence-electron chi connectivity index (χ2n) is 9.75. The molecule has 46 heavy (non-hydrogen) atoms. The van der Waals surface area contributed by atoms with Gasteiger partial charge in [-0.25, -0.2) is 0 Å². The standard InChI is InChI=1S/C7H9NS.C4H7NOS.C4H5NS.2C4H4OS.C4H6OS.C4H4OS/c1-5-6-3-2-4-7(6)9-8-5;1-5-2-3-7-4(5)6;1-4-2-3-6-5-4;2*5-4-1-2-6-3-4;2*5-4-2-1-3-6-4/h2-4H2,1H3;2-3H2,1H3;2-3H,1H3;2*1-2H,3H2;1-3H2;1,3H,2H2. The average molecular weight is 758 g/mol. The van der Waals surface area contributed by atoms with Gasteiger partial charge in [-0.1, -0.05) is 41.4 Å². The number of allylic oxidation sites excluding steroid dienone is 3. The van der Waals surface area contributed by atoms with Crippen LogP contribution in [0.4, 0.5) is 4.79 Å². The molecule has 1 amide bonds. The summed E-state index contributed by atoms with van der Waals surface area (Å²) in [7, 11) is 1.82. The number of fused-ring (bicyclic) bond motifs is 1. The lowest BCUT2D eigenvalue weighted by atomic mass is 10.2. The number of carbonyl (C=O) groups excluding carboxylic acids is 5. The SMILES string of the molecule is CN1CCSC1=O.Cc1ccsn1.Cc1nsc2c1CCC2.O=C1C=CSC1.O=C1C=CSC1.O=C1CC=CS1.O=C1CCCS1. The molecule has 0 atom stereocenters. The molecular formula is C31H39N3O5S7. The lowest BCUT2D eigenvalue weighted by molar-refractivity contribution is -0.112. The molecule has 2 saturated heterocycles. The van der Waals surface area contributed by atoms with Crippen molar-refractivity contribution in [2.75, 3.05) is 36.6 Å². The number of rotatable bonds is 0. The number of hydrogen-bond acceptors (Lipinski definition) is 14. The predicted octanol–water partition coefficient (Wildman–Crippen LogP) is 8.01. The lowest BCUT2D eigenvalue weighted by Crippen LogP contribution is -2.15. The Morgan fingerprint density at radius 2 is 1.50 bits per heavy atom. The summed E-state index contributed by atoms with van der Waals surface area (Å²) in [6.45, 7) is 5.01. The second kappa shape index (κ2) is 24.5. The zero-order valence-corrected chi connectivity index (χ0v) is 31.9. The highest BCUT2D eigenvalue weighted by Crippen LogP contribution is 2.27. The first-order valence-electron chi connectivity index (χ1n) is 14.5. The van der Waals surface area contributed by atoms with E-state index in [2.05, 4.69) is 15.7 Å². The topological polar surface area (TPSA) is 114 Å². The van der Waals surface area contributed by atoms with Gasteiger partial charge >= 0.3 is 0 Å². The van der Waals surface area contributed by atoms with Gasteiger partial charge < -0.3 is 4.90 Å². The van der Waals surface area contributed by atoms with Crippen molar-refractivity contribution in [2.45, 2.75) is 52.4 Å². The van der Waals surface area contributed by atoms with Crippen molar-refractivity contribution in [3.8, 4) is 0 Å². The van der Waals surface area contributed by atoms with Gasteiger partial charge in [0.1, 0.15) is 0 Å². The van der Waals surface area contributed by atoms with E-state index in [1.807, 2.05) is 47.7 Å². The van der Waals surface area contributed by atoms with Crippen LogP contribution in [0.25, 0.3) is 0 Å². The van der Waals surface area contributed by atoms with Crippen LogP contribution in [0.5, 0.6) is 0 Å². The molecular weight excluding hydrogens is 719 g/mol. The van der Waals surface area contributed by atoms with Crippen molar-refractivity contribution in [3.05, 3.63) is 67.7 Å². The van der Waals surface area contributed by atoms with Gasteiger partial charge in [0.2, 0.25) is 0 Å². The van der Waals surface area contributed by atoms with Crippen LogP contribution in [0.2, 0.25) is 0 Å². The first-order chi connectivity index (χ1) is 22.2. The van der Waals surface area contributed by atoms with Crippen molar-refractivity contribution in [3.63, 3.8) is 0 Å². The number of aromatic nitrogens is 2. The molecule has 8 nitrogen and oxygen atoms in total. The first-order valence-corrected chi connectivity index (χ1v) is 21.0. The summed E-state index contributed by atoms with van der Waals surface area (Å²) in [6, 6.07) is 1.99. The Kier molecular flexibility index (Phi) is 21.6. The fourth-order valence-electron chi connectivity index (χ4n) is 3.52. The van der Waals surface area contributed by atoms with Crippen LogP contribution in [0.3, 0.4) is 0 Å². The molecule has 6 aliphatic rings. The summed E-state index contributed by atoms with van der Waals surface area (Å²) in [5.74, 6) is 3.80. The maximum absolute atomic E-state index is 10.5. The molecule has 8 rings (SSSR count). The lowest BCUT2D eigenvalue weighted by Gasteiger charge is -2.01. The van der Waals surface area contributed by atoms with Crippen molar-refractivity contribution in [1.29, 1.82) is 0 Å². The van der Waals surface area contributed by atoms with Crippen LogP contribution in [0.1, 0.15) is 47.5 Å². The normalized spacial score (nSPS) is 18.2. The third kappa shape index (κ3) is 18.6. The Bertz CT molecular complexity index is 1310. The van der Waals surface area contributed by atoms with E-state index in [1.165, 1.54) is 76.7 Å². The number of thioether (sulfide) groups is 5. The van der Waals surface area contributed by atoms with Crippen LogP contribution in [-0.2, 0) is 32.0 Å². The minimum atomic E-state index is 0.208. The Balaban J connectivity index is 0.000000188. The highest BCUT2D eigenvalue weighted by molar-refractivity contribution is 8.16. The highest BCUT2D eigenvalue weighted by Gasteiger charge is 2.16. The van der Waals surface area contributed by atoms with Crippen molar-refractivity contribution in [1.82, 2.24) is 13.6 Å². The van der Waals surface area contributed by atoms with Gasteiger partial charge in [-0.15, -0.1) is 23.5 Å². The van der Waals surface area contributed by atoms with Gasteiger partial charge in [-0.3, -0.25) is 24.0 Å². The van der Waals surface area contributed by atoms with E-state index in [-0.39, 0.29) is 21.9 Å². The van der Waals surface area contributed by atoms with Crippen LogP contribution < -0.4 is 0 Å². The number of nitrogens with zero attached hydrogens (tertiary/aromatic N) is 3. The summed E-state index contributed by atoms with van der Waals surface area (Å²) in [5.41, 5.74) is 3.92. The molecule has 2 aromatic rings. The average Bonchev–Trinajstić information content (AvgIpc) is 3.84. The number of ketones is 2.